The van der Waals surface area contributed by atoms with E-state index < -0.39 is 0 Å². The molecule has 0 spiro atoms. The molecule has 3 heterocycles. The minimum atomic E-state index is -0.0351. The molecular formula is C17H17ClN2O3S2. The van der Waals surface area contributed by atoms with Gasteiger partial charge in [0.25, 0.3) is 0 Å². The number of nitrogens with zero attached hydrogens (tertiary/aromatic N) is 1. The number of hydrogen-bond acceptors (Lipinski definition) is 6. The fourth-order valence-corrected chi connectivity index (χ4v) is 4.06. The van der Waals surface area contributed by atoms with Gasteiger partial charge in [0.1, 0.15) is 17.4 Å². The number of nitrogens with one attached hydrogen (secondary N) is 1. The molecule has 0 bridgehead atoms. The molecule has 3 rings (SSSR count). The summed E-state index contributed by atoms with van der Waals surface area (Å²) in [6.07, 6.45) is 2.65. The van der Waals surface area contributed by atoms with E-state index in [4.69, 9.17) is 20.8 Å². The van der Waals surface area contributed by atoms with Crippen LogP contribution in [0.2, 0.25) is 4.34 Å². The molecular weight excluding hydrogens is 380 g/mol. The summed E-state index contributed by atoms with van der Waals surface area (Å²) in [6.45, 7) is 1.60. The zero-order valence-corrected chi connectivity index (χ0v) is 15.8. The number of thiophene rings is 1. The van der Waals surface area contributed by atoms with Gasteiger partial charge in [0.2, 0.25) is 5.91 Å². The molecule has 0 radical (unpaired) electrons. The minimum Gasteiger partial charge on any atom is -0.467 e. The molecule has 0 atom stereocenters. The van der Waals surface area contributed by atoms with E-state index in [1.807, 2.05) is 29.6 Å². The highest BCUT2D eigenvalue weighted by Crippen LogP contribution is 2.32. The van der Waals surface area contributed by atoms with Gasteiger partial charge in [-0.15, -0.1) is 22.7 Å². The van der Waals surface area contributed by atoms with Crippen LogP contribution in [0.5, 0.6) is 0 Å². The third-order valence-electron chi connectivity index (χ3n) is 3.29. The zero-order chi connectivity index (χ0) is 17.5. The second kappa shape index (κ2) is 9.15. The van der Waals surface area contributed by atoms with Crippen LogP contribution in [0.3, 0.4) is 0 Å². The smallest absolute Gasteiger partial charge is 0.226 e. The summed E-state index contributed by atoms with van der Waals surface area (Å²) in [7, 11) is 0. The number of furan rings is 1. The first-order valence-electron chi connectivity index (χ1n) is 7.77. The van der Waals surface area contributed by atoms with Gasteiger partial charge < -0.3 is 14.5 Å². The normalized spacial score (nSPS) is 10.9. The van der Waals surface area contributed by atoms with Gasteiger partial charge in [0.05, 0.1) is 27.6 Å². The number of carbonyl (C=O) groups is 1. The highest BCUT2D eigenvalue weighted by molar-refractivity contribution is 7.23. The van der Waals surface area contributed by atoms with Gasteiger partial charge in [-0.1, -0.05) is 11.6 Å². The summed E-state index contributed by atoms with van der Waals surface area (Å²) in [5, 5.41) is 5.69. The standard InChI is InChI=1S/C17H17ClN2O3S2/c18-15-5-4-14(25-15)17-20-12(11-24-17)9-16(21)19-6-2-7-22-10-13-3-1-8-23-13/h1,3-5,8,11H,2,6-7,9-10H2,(H,19,21). The maximum absolute atomic E-state index is 12.0. The van der Waals surface area contributed by atoms with Crippen LogP contribution in [0.4, 0.5) is 0 Å². The molecule has 0 saturated heterocycles. The van der Waals surface area contributed by atoms with Crippen LogP contribution >= 0.6 is 34.3 Å². The summed E-state index contributed by atoms with van der Waals surface area (Å²) < 4.78 is 11.4. The largest absolute Gasteiger partial charge is 0.467 e. The Bertz CT molecular complexity index is 799. The van der Waals surface area contributed by atoms with E-state index in [0.29, 0.717) is 19.8 Å². The van der Waals surface area contributed by atoms with Crippen LogP contribution in [0.1, 0.15) is 17.9 Å². The molecule has 5 nitrogen and oxygen atoms in total. The molecule has 0 aliphatic carbocycles. The molecule has 3 aromatic rings. The van der Waals surface area contributed by atoms with Crippen molar-refractivity contribution < 1.29 is 13.9 Å². The highest BCUT2D eigenvalue weighted by Gasteiger charge is 2.10. The number of ether oxygens (including phenoxy) is 1. The fraction of sp³-hybridized carbons (Fsp3) is 0.294. The van der Waals surface area contributed by atoms with Gasteiger partial charge in [0, 0.05) is 18.5 Å². The minimum absolute atomic E-state index is 0.0351. The monoisotopic (exact) mass is 396 g/mol. The predicted octanol–water partition coefficient (Wildman–Crippen LogP) is 4.38. The molecule has 0 aromatic carbocycles. The van der Waals surface area contributed by atoms with E-state index in [1.165, 1.54) is 22.7 Å². The average molecular weight is 397 g/mol. The first-order valence-corrected chi connectivity index (χ1v) is 9.85. The van der Waals surface area contributed by atoms with Gasteiger partial charge in [-0.25, -0.2) is 4.98 Å². The number of hydrogen-bond donors (Lipinski definition) is 1. The Morgan fingerprint density at radius 3 is 3.04 bits per heavy atom. The van der Waals surface area contributed by atoms with Gasteiger partial charge in [-0.05, 0) is 30.7 Å². The lowest BCUT2D eigenvalue weighted by atomic mass is 10.3. The number of halogens is 1. The Hall–Kier alpha value is -1.67. The molecule has 0 fully saturated rings. The molecule has 0 aliphatic heterocycles. The lowest BCUT2D eigenvalue weighted by Crippen LogP contribution is -2.26. The average Bonchev–Trinajstić information content (AvgIpc) is 3.32. The Morgan fingerprint density at radius 1 is 1.36 bits per heavy atom. The van der Waals surface area contributed by atoms with Crippen LogP contribution in [0, 0.1) is 0 Å². The first kappa shape index (κ1) is 18.1. The van der Waals surface area contributed by atoms with E-state index in [2.05, 4.69) is 10.3 Å². The van der Waals surface area contributed by atoms with E-state index in [1.54, 1.807) is 6.26 Å². The molecule has 0 saturated carbocycles. The van der Waals surface area contributed by atoms with Crippen LogP contribution in [-0.4, -0.2) is 24.0 Å². The second-order valence-corrected chi connectivity index (χ2v) is 7.83. The lowest BCUT2D eigenvalue weighted by molar-refractivity contribution is -0.120. The lowest BCUT2D eigenvalue weighted by Gasteiger charge is -2.04. The van der Waals surface area contributed by atoms with E-state index in [-0.39, 0.29) is 12.3 Å². The molecule has 8 heteroatoms. The van der Waals surface area contributed by atoms with Crippen molar-refractivity contribution >= 4 is 40.2 Å². The fourth-order valence-electron chi connectivity index (χ4n) is 2.13. The highest BCUT2D eigenvalue weighted by atomic mass is 35.5. The summed E-state index contributed by atoms with van der Waals surface area (Å²) in [6, 6.07) is 7.49. The van der Waals surface area contributed by atoms with Gasteiger partial charge in [-0.3, -0.25) is 4.79 Å². The molecule has 0 unspecified atom stereocenters. The topological polar surface area (TPSA) is 64.4 Å². The summed E-state index contributed by atoms with van der Waals surface area (Å²) in [5.41, 5.74) is 0.774. The number of rotatable bonds is 9. The van der Waals surface area contributed by atoms with Crippen LogP contribution in [0.25, 0.3) is 9.88 Å². The van der Waals surface area contributed by atoms with Crippen molar-refractivity contribution in [2.75, 3.05) is 13.2 Å². The van der Waals surface area contributed by atoms with Crippen molar-refractivity contribution in [3.63, 3.8) is 0 Å². The van der Waals surface area contributed by atoms with E-state index in [9.17, 15) is 4.79 Å². The van der Waals surface area contributed by atoms with Crippen molar-refractivity contribution in [3.05, 3.63) is 51.7 Å². The third kappa shape index (κ3) is 5.67. The molecule has 0 aliphatic rings. The Kier molecular flexibility index (Phi) is 6.63. The number of amides is 1. The van der Waals surface area contributed by atoms with Crippen LogP contribution in [0.15, 0.2) is 40.3 Å². The van der Waals surface area contributed by atoms with Crippen molar-refractivity contribution in [1.82, 2.24) is 10.3 Å². The number of aromatic nitrogens is 1. The summed E-state index contributed by atoms with van der Waals surface area (Å²) in [4.78, 5) is 17.5. The molecule has 1 amide bonds. The van der Waals surface area contributed by atoms with Crippen molar-refractivity contribution in [3.8, 4) is 9.88 Å². The van der Waals surface area contributed by atoms with Crippen LogP contribution < -0.4 is 5.32 Å². The number of thiazole rings is 1. The summed E-state index contributed by atoms with van der Waals surface area (Å²) >= 11 is 8.95. The second-order valence-electron chi connectivity index (χ2n) is 5.26. The molecule has 132 valence electrons. The Morgan fingerprint density at radius 2 is 2.28 bits per heavy atom. The quantitative estimate of drug-likeness (QED) is 0.545. The predicted molar refractivity (Wildman–Crippen MR) is 100 cm³/mol. The van der Waals surface area contributed by atoms with E-state index >= 15 is 0 Å². The molecule has 25 heavy (non-hydrogen) atoms. The zero-order valence-electron chi connectivity index (χ0n) is 13.4. The van der Waals surface area contributed by atoms with E-state index in [0.717, 1.165) is 32.1 Å². The maximum atomic E-state index is 12.0. The third-order valence-corrected chi connectivity index (χ3v) is 5.58. The maximum Gasteiger partial charge on any atom is 0.226 e. The van der Waals surface area contributed by atoms with Crippen molar-refractivity contribution in [1.29, 1.82) is 0 Å². The number of carbonyl (C=O) groups excluding carboxylic acids is 1. The first-order chi connectivity index (χ1) is 12.2. The van der Waals surface area contributed by atoms with Crippen LogP contribution in [-0.2, 0) is 22.6 Å². The van der Waals surface area contributed by atoms with Crippen molar-refractivity contribution in [2.24, 2.45) is 0 Å². The van der Waals surface area contributed by atoms with Gasteiger partial charge in [-0.2, -0.15) is 0 Å². The summed E-state index contributed by atoms with van der Waals surface area (Å²) in [5.74, 6) is 0.766. The molecule has 3 aromatic heterocycles. The Labute approximate surface area is 158 Å². The SMILES string of the molecule is O=C(Cc1csc(-c2ccc(Cl)s2)n1)NCCCOCc1ccco1. The molecule has 1 N–H and O–H groups in total. The van der Waals surface area contributed by atoms with Crippen molar-refractivity contribution in [2.45, 2.75) is 19.4 Å². The van der Waals surface area contributed by atoms with Gasteiger partial charge >= 0.3 is 0 Å². The Balaban J connectivity index is 1.33. The van der Waals surface area contributed by atoms with Gasteiger partial charge in [0.15, 0.2) is 0 Å².